The lowest BCUT2D eigenvalue weighted by Gasteiger charge is -2.35. The molecule has 2 aliphatic rings. The highest BCUT2D eigenvalue weighted by molar-refractivity contribution is 5.52. The molecule has 110 valence electrons. The Kier molecular flexibility index (Phi) is 3.92. The monoisotopic (exact) mass is 280 g/mol. The minimum absolute atomic E-state index is 0.160. The number of nitrogens with zero attached hydrogens (tertiary/aromatic N) is 1. The van der Waals surface area contributed by atoms with E-state index in [2.05, 4.69) is 5.32 Å². The summed E-state index contributed by atoms with van der Waals surface area (Å²) in [6.45, 7) is 3.34. The summed E-state index contributed by atoms with van der Waals surface area (Å²) in [5.41, 5.74) is 0.854. The zero-order chi connectivity index (χ0) is 14.1. The Morgan fingerprint density at radius 3 is 2.45 bits per heavy atom. The average Bonchev–Trinajstić information content (AvgIpc) is 3.22. The summed E-state index contributed by atoms with van der Waals surface area (Å²) in [6, 6.07) is 3.72. The zero-order valence-corrected chi connectivity index (χ0v) is 12.0. The van der Waals surface area contributed by atoms with Gasteiger partial charge in [-0.2, -0.15) is 0 Å². The Balaban J connectivity index is 1.79. The third kappa shape index (κ3) is 2.95. The number of hydrogen-bond donors (Lipinski definition) is 1. The third-order valence-corrected chi connectivity index (χ3v) is 4.34. The van der Waals surface area contributed by atoms with Crippen molar-refractivity contribution in [3.8, 4) is 0 Å². The van der Waals surface area contributed by atoms with E-state index in [1.807, 2.05) is 11.8 Å². The second-order valence-electron chi connectivity index (χ2n) is 6.10. The van der Waals surface area contributed by atoms with Crippen molar-refractivity contribution in [1.82, 2.24) is 5.32 Å². The highest BCUT2D eigenvalue weighted by Crippen LogP contribution is 2.31. The molecule has 0 radical (unpaired) electrons. The Labute approximate surface area is 119 Å². The van der Waals surface area contributed by atoms with Gasteiger partial charge in [-0.05, 0) is 56.7 Å². The van der Waals surface area contributed by atoms with Crippen molar-refractivity contribution in [1.29, 1.82) is 0 Å². The van der Waals surface area contributed by atoms with Crippen molar-refractivity contribution in [2.75, 3.05) is 11.4 Å². The largest absolute Gasteiger partial charge is 0.364 e. The molecule has 2 fully saturated rings. The van der Waals surface area contributed by atoms with E-state index in [1.54, 1.807) is 0 Å². The van der Waals surface area contributed by atoms with Gasteiger partial charge in [-0.3, -0.25) is 0 Å². The lowest BCUT2D eigenvalue weighted by molar-refractivity contribution is 0.463. The summed E-state index contributed by atoms with van der Waals surface area (Å²) in [5, 5.41) is 3.29. The molecule has 2 nitrogen and oxygen atoms in total. The number of anilines is 1. The molecule has 4 heteroatoms. The molecule has 1 atom stereocenters. The fourth-order valence-electron chi connectivity index (χ4n) is 2.97. The third-order valence-electron chi connectivity index (χ3n) is 4.34. The first kappa shape index (κ1) is 13.8. The SMILES string of the molecule is CC1CCCCN1c1c(F)cc(CNC2CC2)cc1F. The van der Waals surface area contributed by atoms with Crippen LogP contribution in [0.5, 0.6) is 0 Å². The van der Waals surface area contributed by atoms with E-state index < -0.39 is 11.6 Å². The van der Waals surface area contributed by atoms with E-state index in [4.69, 9.17) is 0 Å². The summed E-state index contributed by atoms with van der Waals surface area (Å²) >= 11 is 0. The number of nitrogens with one attached hydrogen (secondary N) is 1. The van der Waals surface area contributed by atoms with Crippen LogP contribution in [-0.4, -0.2) is 18.6 Å². The van der Waals surface area contributed by atoms with Gasteiger partial charge in [0, 0.05) is 25.2 Å². The Bertz CT molecular complexity index is 462. The van der Waals surface area contributed by atoms with Crippen LogP contribution >= 0.6 is 0 Å². The maximum absolute atomic E-state index is 14.3. The Hall–Kier alpha value is -1.16. The van der Waals surface area contributed by atoms with Gasteiger partial charge in [-0.25, -0.2) is 8.78 Å². The summed E-state index contributed by atoms with van der Waals surface area (Å²) < 4.78 is 28.6. The summed E-state index contributed by atoms with van der Waals surface area (Å²) in [7, 11) is 0. The van der Waals surface area contributed by atoms with Crippen LogP contribution in [0.15, 0.2) is 12.1 Å². The molecule has 20 heavy (non-hydrogen) atoms. The molecule has 1 saturated heterocycles. The van der Waals surface area contributed by atoms with E-state index >= 15 is 0 Å². The number of hydrogen-bond acceptors (Lipinski definition) is 2. The van der Waals surface area contributed by atoms with Crippen molar-refractivity contribution in [3.63, 3.8) is 0 Å². The molecule has 1 saturated carbocycles. The van der Waals surface area contributed by atoms with Crippen molar-refractivity contribution < 1.29 is 8.78 Å². The molecular formula is C16H22F2N2. The molecule has 1 N–H and O–H groups in total. The van der Waals surface area contributed by atoms with E-state index in [-0.39, 0.29) is 11.7 Å². The molecule has 1 aromatic rings. The van der Waals surface area contributed by atoms with Crippen molar-refractivity contribution in [2.45, 2.75) is 57.7 Å². The lowest BCUT2D eigenvalue weighted by atomic mass is 10.0. The smallest absolute Gasteiger partial charge is 0.149 e. The van der Waals surface area contributed by atoms with Gasteiger partial charge in [0.1, 0.15) is 17.3 Å². The molecular weight excluding hydrogens is 258 g/mol. The first-order valence-electron chi connectivity index (χ1n) is 7.63. The van der Waals surface area contributed by atoms with Gasteiger partial charge in [0.2, 0.25) is 0 Å². The number of rotatable bonds is 4. The lowest BCUT2D eigenvalue weighted by Crippen LogP contribution is -2.38. The zero-order valence-electron chi connectivity index (χ0n) is 12.0. The van der Waals surface area contributed by atoms with Gasteiger partial charge in [-0.15, -0.1) is 0 Å². The standard InChI is InChI=1S/C16H22F2N2/c1-11-4-2-3-7-20(11)16-14(17)8-12(9-15(16)18)10-19-13-5-6-13/h8-9,11,13,19H,2-7,10H2,1H3. The molecule has 0 aromatic heterocycles. The first-order chi connectivity index (χ1) is 9.65. The molecule has 1 aliphatic carbocycles. The van der Waals surface area contributed by atoms with Crippen molar-refractivity contribution >= 4 is 5.69 Å². The quantitative estimate of drug-likeness (QED) is 0.906. The highest BCUT2D eigenvalue weighted by atomic mass is 19.1. The molecule has 1 aromatic carbocycles. The van der Waals surface area contributed by atoms with Crippen LogP contribution in [0.4, 0.5) is 14.5 Å². The number of benzene rings is 1. The van der Waals surface area contributed by atoms with E-state index in [1.165, 1.54) is 25.0 Å². The fourth-order valence-corrected chi connectivity index (χ4v) is 2.97. The van der Waals surface area contributed by atoms with Gasteiger partial charge < -0.3 is 10.2 Å². The molecule has 3 rings (SSSR count). The van der Waals surface area contributed by atoms with Crippen molar-refractivity contribution in [2.24, 2.45) is 0 Å². The topological polar surface area (TPSA) is 15.3 Å². The van der Waals surface area contributed by atoms with Crippen LogP contribution < -0.4 is 10.2 Å². The first-order valence-corrected chi connectivity index (χ1v) is 7.63. The fraction of sp³-hybridized carbons (Fsp3) is 0.625. The molecule has 0 bridgehead atoms. The van der Waals surface area contributed by atoms with E-state index in [0.717, 1.165) is 25.8 Å². The molecule has 0 spiro atoms. The van der Waals surface area contributed by atoms with Crippen LogP contribution in [0, 0.1) is 11.6 Å². The van der Waals surface area contributed by atoms with Crippen LogP contribution in [-0.2, 0) is 6.54 Å². The van der Waals surface area contributed by atoms with E-state index in [0.29, 0.717) is 18.2 Å². The maximum Gasteiger partial charge on any atom is 0.149 e. The van der Waals surface area contributed by atoms with Gasteiger partial charge in [-0.1, -0.05) is 0 Å². The second kappa shape index (κ2) is 5.68. The predicted molar refractivity (Wildman–Crippen MR) is 76.9 cm³/mol. The van der Waals surface area contributed by atoms with Crippen LogP contribution in [0.25, 0.3) is 0 Å². The number of halogens is 2. The minimum Gasteiger partial charge on any atom is -0.364 e. The van der Waals surface area contributed by atoms with Gasteiger partial charge in [0.05, 0.1) is 0 Å². The summed E-state index contributed by atoms with van der Waals surface area (Å²) in [6.07, 6.45) is 5.51. The molecule has 1 heterocycles. The Morgan fingerprint density at radius 2 is 1.85 bits per heavy atom. The Morgan fingerprint density at radius 1 is 1.15 bits per heavy atom. The second-order valence-corrected chi connectivity index (χ2v) is 6.10. The molecule has 1 unspecified atom stereocenters. The molecule has 0 amide bonds. The predicted octanol–water partition coefficient (Wildman–Crippen LogP) is 3.60. The van der Waals surface area contributed by atoms with Crippen LogP contribution in [0.1, 0.15) is 44.6 Å². The van der Waals surface area contributed by atoms with Gasteiger partial charge in [0.15, 0.2) is 0 Å². The highest BCUT2D eigenvalue weighted by Gasteiger charge is 2.25. The van der Waals surface area contributed by atoms with Crippen LogP contribution in [0.2, 0.25) is 0 Å². The van der Waals surface area contributed by atoms with Gasteiger partial charge >= 0.3 is 0 Å². The summed E-state index contributed by atoms with van der Waals surface area (Å²) in [4.78, 5) is 1.88. The minimum atomic E-state index is -0.425. The summed E-state index contributed by atoms with van der Waals surface area (Å²) in [5.74, 6) is -0.849. The van der Waals surface area contributed by atoms with Gasteiger partial charge in [0.25, 0.3) is 0 Å². The van der Waals surface area contributed by atoms with Crippen LogP contribution in [0.3, 0.4) is 0 Å². The molecule has 1 aliphatic heterocycles. The normalized spacial score (nSPS) is 23.1. The van der Waals surface area contributed by atoms with E-state index in [9.17, 15) is 8.78 Å². The maximum atomic E-state index is 14.3. The number of piperidine rings is 1. The van der Waals surface area contributed by atoms with Crippen molar-refractivity contribution in [3.05, 3.63) is 29.3 Å². The average molecular weight is 280 g/mol.